The molecule has 10 nitrogen and oxygen atoms in total. The lowest BCUT2D eigenvalue weighted by Crippen LogP contribution is -2.53. The summed E-state index contributed by atoms with van der Waals surface area (Å²) in [5.41, 5.74) is 4.39. The minimum atomic E-state index is -1.15. The molecule has 2 amide bonds. The van der Waals surface area contributed by atoms with Gasteiger partial charge in [0, 0.05) is 19.0 Å². The number of nitrogens with zero attached hydrogens (tertiary/aromatic N) is 4. The van der Waals surface area contributed by atoms with Crippen LogP contribution < -0.4 is 5.32 Å². The van der Waals surface area contributed by atoms with Gasteiger partial charge >= 0.3 is 12.1 Å². The van der Waals surface area contributed by atoms with Crippen LogP contribution in [0.5, 0.6) is 0 Å². The minimum absolute atomic E-state index is 0.0478. The van der Waals surface area contributed by atoms with E-state index in [1.807, 2.05) is 36.4 Å². The van der Waals surface area contributed by atoms with Gasteiger partial charge in [-0.2, -0.15) is 0 Å². The lowest BCUT2D eigenvalue weighted by molar-refractivity contribution is -0.136. The first kappa shape index (κ1) is 20.7. The third kappa shape index (κ3) is 3.91. The molecule has 1 aromatic heterocycles. The Morgan fingerprint density at radius 2 is 1.67 bits per heavy atom. The second-order valence-corrected chi connectivity index (χ2v) is 8.02. The number of hydrogen-bond acceptors (Lipinski definition) is 6. The lowest BCUT2D eigenvalue weighted by Gasteiger charge is -2.38. The Bertz CT molecular complexity index is 1190. The number of benzene rings is 2. The van der Waals surface area contributed by atoms with Gasteiger partial charge in [0.05, 0.1) is 12.2 Å². The third-order valence-corrected chi connectivity index (χ3v) is 6.05. The highest BCUT2D eigenvalue weighted by Crippen LogP contribution is 2.44. The predicted octanol–water partition coefficient (Wildman–Crippen LogP) is 1.90. The molecule has 1 aliphatic heterocycles. The van der Waals surface area contributed by atoms with E-state index < -0.39 is 12.1 Å². The Labute approximate surface area is 188 Å². The van der Waals surface area contributed by atoms with Crippen molar-refractivity contribution in [2.45, 2.75) is 12.0 Å². The third-order valence-electron chi connectivity index (χ3n) is 6.05. The highest BCUT2D eigenvalue weighted by atomic mass is 16.5. The highest BCUT2D eigenvalue weighted by molar-refractivity contribution is 5.85. The van der Waals surface area contributed by atoms with E-state index in [1.165, 1.54) is 10.9 Å². The van der Waals surface area contributed by atoms with Gasteiger partial charge in [-0.25, -0.2) is 14.3 Å². The van der Waals surface area contributed by atoms with Crippen LogP contribution in [0.3, 0.4) is 0 Å². The van der Waals surface area contributed by atoms with E-state index in [1.54, 1.807) is 4.90 Å². The van der Waals surface area contributed by atoms with Gasteiger partial charge < -0.3 is 20.1 Å². The number of fused-ring (bicyclic) bond motifs is 3. The van der Waals surface area contributed by atoms with Crippen molar-refractivity contribution in [1.82, 2.24) is 25.2 Å². The smallest absolute Gasteiger partial charge is 0.407 e. The molecule has 0 atom stereocenters. The molecule has 1 fully saturated rings. The first-order valence-electron chi connectivity index (χ1n) is 10.5. The molecule has 1 saturated heterocycles. The van der Waals surface area contributed by atoms with Gasteiger partial charge in [0.15, 0.2) is 5.69 Å². The van der Waals surface area contributed by atoms with Crippen molar-refractivity contribution in [2.75, 3.05) is 26.2 Å². The Morgan fingerprint density at radius 3 is 2.27 bits per heavy atom. The summed E-state index contributed by atoms with van der Waals surface area (Å²) >= 11 is 0. The van der Waals surface area contributed by atoms with E-state index in [4.69, 9.17) is 9.84 Å². The van der Waals surface area contributed by atoms with E-state index in [9.17, 15) is 14.4 Å². The maximum absolute atomic E-state index is 12.3. The topological polar surface area (TPSA) is 127 Å². The summed E-state index contributed by atoms with van der Waals surface area (Å²) in [5.74, 6) is -1.45. The summed E-state index contributed by atoms with van der Waals surface area (Å²) in [6.07, 6.45) is 0.689. The molecule has 0 unspecified atom stereocenters. The summed E-state index contributed by atoms with van der Waals surface area (Å²) in [4.78, 5) is 37.0. The van der Waals surface area contributed by atoms with E-state index >= 15 is 0 Å². The van der Waals surface area contributed by atoms with Crippen LogP contribution >= 0.6 is 0 Å². The van der Waals surface area contributed by atoms with Gasteiger partial charge in [-0.05, 0) is 22.3 Å². The van der Waals surface area contributed by atoms with E-state index in [-0.39, 0.29) is 36.7 Å². The zero-order chi connectivity index (χ0) is 22.9. The van der Waals surface area contributed by atoms with Gasteiger partial charge in [-0.3, -0.25) is 4.79 Å². The average Bonchev–Trinajstić information content (AvgIpc) is 3.39. The number of rotatable bonds is 6. The maximum atomic E-state index is 12.3. The highest BCUT2D eigenvalue weighted by Gasteiger charge is 2.33. The Morgan fingerprint density at radius 1 is 1.03 bits per heavy atom. The molecule has 10 heteroatoms. The van der Waals surface area contributed by atoms with Gasteiger partial charge in [0.2, 0.25) is 5.91 Å². The van der Waals surface area contributed by atoms with Crippen molar-refractivity contribution >= 4 is 18.0 Å². The molecule has 0 saturated carbocycles. The number of ether oxygens (including phenoxy) is 1. The number of carbonyl (C=O) groups is 3. The normalized spacial score (nSPS) is 14.8. The molecule has 2 N–H and O–H groups in total. The van der Waals surface area contributed by atoms with E-state index in [2.05, 4.69) is 27.8 Å². The number of aromatic carboxylic acids is 1. The Kier molecular flexibility index (Phi) is 5.25. The zero-order valence-corrected chi connectivity index (χ0v) is 17.5. The summed E-state index contributed by atoms with van der Waals surface area (Å²) in [7, 11) is 0. The number of carboxylic acid groups (broad SMARTS) is 1. The molecule has 2 heterocycles. The number of aromatic nitrogens is 3. The molecule has 3 aromatic rings. The number of likely N-dealkylation sites (tertiary alicyclic amines) is 1. The predicted molar refractivity (Wildman–Crippen MR) is 116 cm³/mol. The largest absolute Gasteiger partial charge is 0.476 e. The van der Waals surface area contributed by atoms with Crippen molar-refractivity contribution in [1.29, 1.82) is 0 Å². The van der Waals surface area contributed by atoms with Crippen LogP contribution in [0.25, 0.3) is 11.1 Å². The fourth-order valence-corrected chi connectivity index (χ4v) is 4.29. The number of carbonyl (C=O) groups excluding carboxylic acids is 2. The second kappa shape index (κ2) is 8.38. The average molecular weight is 447 g/mol. The number of amides is 2. The van der Waals surface area contributed by atoms with Gasteiger partial charge in [0.25, 0.3) is 0 Å². The molecule has 2 aromatic carbocycles. The monoisotopic (exact) mass is 447 g/mol. The number of hydrogen-bond donors (Lipinski definition) is 2. The molecule has 0 spiro atoms. The molecule has 168 valence electrons. The minimum Gasteiger partial charge on any atom is -0.476 e. The lowest BCUT2D eigenvalue weighted by atomic mass is 9.98. The van der Waals surface area contributed by atoms with Crippen molar-refractivity contribution in [2.24, 2.45) is 0 Å². The summed E-state index contributed by atoms with van der Waals surface area (Å²) in [5, 5.41) is 18.8. The quantitative estimate of drug-likeness (QED) is 0.591. The van der Waals surface area contributed by atoms with Crippen LogP contribution in [-0.4, -0.2) is 69.2 Å². The van der Waals surface area contributed by atoms with Crippen molar-refractivity contribution in [3.8, 4) is 11.1 Å². The maximum Gasteiger partial charge on any atom is 0.407 e. The molecule has 1 aliphatic carbocycles. The molecular formula is C23H21N5O5. The second-order valence-electron chi connectivity index (χ2n) is 8.02. The van der Waals surface area contributed by atoms with Crippen molar-refractivity contribution < 1.29 is 24.2 Å². The van der Waals surface area contributed by atoms with Crippen LogP contribution in [0.2, 0.25) is 0 Å². The van der Waals surface area contributed by atoms with E-state index in [0.29, 0.717) is 13.1 Å². The Balaban J connectivity index is 1.10. The van der Waals surface area contributed by atoms with Crippen LogP contribution in [0.1, 0.15) is 33.6 Å². The fourth-order valence-electron chi connectivity index (χ4n) is 4.29. The Hall–Kier alpha value is -4.21. The summed E-state index contributed by atoms with van der Waals surface area (Å²) in [6, 6.07) is 16.0. The summed E-state index contributed by atoms with van der Waals surface area (Å²) in [6.45, 7) is 0.737. The molecule has 0 radical (unpaired) electrons. The van der Waals surface area contributed by atoms with Crippen molar-refractivity contribution in [3.05, 3.63) is 71.5 Å². The first-order valence-corrected chi connectivity index (χ1v) is 10.5. The molecule has 2 aliphatic rings. The molecule has 33 heavy (non-hydrogen) atoms. The molecule has 0 bridgehead atoms. The fraction of sp³-hybridized carbons (Fsp3) is 0.261. The van der Waals surface area contributed by atoms with Crippen LogP contribution in [-0.2, 0) is 9.53 Å². The van der Waals surface area contributed by atoms with Crippen LogP contribution in [0, 0.1) is 0 Å². The first-order chi connectivity index (χ1) is 16.0. The van der Waals surface area contributed by atoms with E-state index in [0.717, 1.165) is 22.3 Å². The van der Waals surface area contributed by atoms with Crippen molar-refractivity contribution in [3.63, 3.8) is 0 Å². The van der Waals surface area contributed by atoms with Crippen LogP contribution in [0.15, 0.2) is 54.7 Å². The number of carboxylic acids is 1. The summed E-state index contributed by atoms with van der Waals surface area (Å²) < 4.78 is 6.88. The number of nitrogens with one attached hydrogen (secondary N) is 1. The van der Waals surface area contributed by atoms with Gasteiger partial charge in [0.1, 0.15) is 13.2 Å². The molecular weight excluding hydrogens is 426 g/mol. The molecule has 5 rings (SSSR count). The van der Waals surface area contributed by atoms with Gasteiger partial charge in [-0.15, -0.1) is 5.10 Å². The number of alkyl carbamates (subject to hydrolysis) is 1. The zero-order valence-electron chi connectivity index (χ0n) is 17.5. The van der Waals surface area contributed by atoms with Crippen LogP contribution in [0.4, 0.5) is 4.79 Å². The standard InChI is InChI=1S/C23H21N5O5/c29-21(27-10-14(11-27)28-12-20(22(30)31)25-26-28)9-24-23(32)33-13-19-17-7-3-1-5-15(17)16-6-2-4-8-18(16)19/h1-8,12,14,19H,9-11,13H2,(H,24,32)(H,30,31). The SMILES string of the molecule is O=C(NCC(=O)N1CC(n2cc(C(=O)O)nn2)C1)OCC1c2ccccc2-c2ccccc21. The van der Waals surface area contributed by atoms with Gasteiger partial charge in [-0.1, -0.05) is 53.7 Å².